The zero-order chi connectivity index (χ0) is 9.76. The number of piperidine rings is 1. The zero-order valence-corrected chi connectivity index (χ0v) is 8.81. The first-order chi connectivity index (χ1) is 6.71. The maximum Gasteiger partial charge on any atom is 0.227 e. The molecule has 0 N–H and O–H groups in total. The molecule has 1 atom stereocenters. The molecule has 1 fully saturated rings. The summed E-state index contributed by atoms with van der Waals surface area (Å²) in [5.41, 5.74) is 3.37. The molecule has 1 aliphatic carbocycles. The molecule has 0 bridgehead atoms. The minimum atomic E-state index is 0.351. The fraction of sp³-hybridized carbons (Fsp3) is 0.750. The van der Waals surface area contributed by atoms with Gasteiger partial charge in [-0.2, -0.15) is 0 Å². The van der Waals surface area contributed by atoms with Crippen molar-refractivity contribution in [1.82, 2.24) is 4.90 Å². The lowest BCUT2D eigenvalue weighted by molar-refractivity contribution is -0.131. The Morgan fingerprint density at radius 3 is 2.93 bits per heavy atom. The molecule has 0 saturated carbocycles. The van der Waals surface area contributed by atoms with Gasteiger partial charge in [-0.1, -0.05) is 6.92 Å². The lowest BCUT2D eigenvalue weighted by Crippen LogP contribution is -2.43. The topological polar surface area (TPSA) is 20.3 Å². The summed E-state index contributed by atoms with van der Waals surface area (Å²) in [6, 6.07) is 0. The van der Waals surface area contributed by atoms with Gasteiger partial charge < -0.3 is 4.90 Å². The van der Waals surface area contributed by atoms with E-state index >= 15 is 0 Å². The summed E-state index contributed by atoms with van der Waals surface area (Å²) >= 11 is 0. The second kappa shape index (κ2) is 2.62. The molecule has 76 valence electrons. The van der Waals surface area contributed by atoms with Crippen molar-refractivity contribution in [3.05, 3.63) is 11.3 Å². The van der Waals surface area contributed by atoms with Gasteiger partial charge >= 0.3 is 0 Å². The van der Waals surface area contributed by atoms with Crippen LogP contribution in [-0.2, 0) is 4.79 Å². The summed E-state index contributed by atoms with van der Waals surface area (Å²) in [7, 11) is 0. The Balaban J connectivity index is 2.09. The van der Waals surface area contributed by atoms with Crippen LogP contribution in [0.4, 0.5) is 0 Å². The van der Waals surface area contributed by atoms with Crippen molar-refractivity contribution in [3.8, 4) is 0 Å². The monoisotopic (exact) mass is 191 g/mol. The van der Waals surface area contributed by atoms with Crippen molar-refractivity contribution >= 4 is 5.91 Å². The number of carbonyl (C=O) groups excluding carboxylic acids is 1. The standard InChI is InChI=1S/C12H17NO/c1-12-6-2-8-13-10(14)4-3-9(5-7-12)11(12)13/h2-8H2,1H3. The van der Waals surface area contributed by atoms with E-state index in [-0.39, 0.29) is 0 Å². The molecule has 2 heterocycles. The van der Waals surface area contributed by atoms with E-state index in [1.807, 2.05) is 0 Å². The molecular formula is C12H17NO. The van der Waals surface area contributed by atoms with Gasteiger partial charge in [0.15, 0.2) is 0 Å². The molecule has 0 radical (unpaired) electrons. The molecule has 0 aromatic heterocycles. The van der Waals surface area contributed by atoms with E-state index in [2.05, 4.69) is 11.8 Å². The Labute approximate surface area is 85.0 Å². The van der Waals surface area contributed by atoms with Crippen molar-refractivity contribution < 1.29 is 4.79 Å². The highest BCUT2D eigenvalue weighted by molar-refractivity contribution is 5.80. The van der Waals surface area contributed by atoms with Crippen LogP contribution in [0.1, 0.15) is 45.4 Å². The molecule has 2 heteroatoms. The summed E-state index contributed by atoms with van der Waals surface area (Å²) < 4.78 is 0. The third-order valence-corrected chi connectivity index (χ3v) is 4.21. The van der Waals surface area contributed by atoms with Crippen LogP contribution >= 0.6 is 0 Å². The summed E-state index contributed by atoms with van der Waals surface area (Å²) in [5.74, 6) is 0.372. The van der Waals surface area contributed by atoms with E-state index in [9.17, 15) is 4.79 Å². The predicted molar refractivity (Wildman–Crippen MR) is 54.5 cm³/mol. The number of amides is 1. The molecule has 1 amide bonds. The normalized spacial score (nSPS) is 36.4. The lowest BCUT2D eigenvalue weighted by atomic mass is 9.78. The molecule has 0 aromatic carbocycles. The molecule has 2 aliphatic heterocycles. The first-order valence-corrected chi connectivity index (χ1v) is 5.74. The molecule has 1 saturated heterocycles. The first-order valence-electron chi connectivity index (χ1n) is 5.74. The van der Waals surface area contributed by atoms with Crippen LogP contribution in [0, 0.1) is 5.41 Å². The second-order valence-corrected chi connectivity index (χ2v) is 5.16. The van der Waals surface area contributed by atoms with Crippen LogP contribution in [0.3, 0.4) is 0 Å². The number of rotatable bonds is 0. The summed E-state index contributed by atoms with van der Waals surface area (Å²) in [6.07, 6.45) is 6.81. The largest absolute Gasteiger partial charge is 0.316 e. The van der Waals surface area contributed by atoms with E-state index in [0.717, 1.165) is 19.4 Å². The molecule has 14 heavy (non-hydrogen) atoms. The van der Waals surface area contributed by atoms with Crippen molar-refractivity contribution in [3.63, 3.8) is 0 Å². The average Bonchev–Trinajstić information content (AvgIpc) is 2.51. The van der Waals surface area contributed by atoms with Crippen LogP contribution in [0.25, 0.3) is 0 Å². The first kappa shape index (κ1) is 8.51. The van der Waals surface area contributed by atoms with Gasteiger partial charge in [0.2, 0.25) is 5.91 Å². The number of carbonyl (C=O) groups is 1. The summed E-state index contributed by atoms with van der Waals surface area (Å²) in [5, 5.41) is 0. The highest BCUT2D eigenvalue weighted by Crippen LogP contribution is 2.52. The van der Waals surface area contributed by atoms with Gasteiger partial charge in [0.1, 0.15) is 0 Å². The van der Waals surface area contributed by atoms with Gasteiger partial charge in [0.25, 0.3) is 0 Å². The Hall–Kier alpha value is -0.790. The number of hydrogen-bond acceptors (Lipinski definition) is 1. The van der Waals surface area contributed by atoms with E-state index in [0.29, 0.717) is 11.3 Å². The van der Waals surface area contributed by atoms with Crippen molar-refractivity contribution in [2.45, 2.75) is 45.4 Å². The van der Waals surface area contributed by atoms with E-state index < -0.39 is 0 Å². The van der Waals surface area contributed by atoms with Crippen LogP contribution in [0.5, 0.6) is 0 Å². The van der Waals surface area contributed by atoms with Crippen LogP contribution in [0.15, 0.2) is 11.3 Å². The zero-order valence-electron chi connectivity index (χ0n) is 8.81. The Bertz CT molecular complexity index is 331. The Kier molecular flexibility index (Phi) is 1.59. The van der Waals surface area contributed by atoms with Crippen molar-refractivity contribution in [2.75, 3.05) is 6.54 Å². The minimum Gasteiger partial charge on any atom is -0.316 e. The maximum absolute atomic E-state index is 11.8. The SMILES string of the molecule is CC12CCCN3C(=O)CCC(=C31)CC2. The van der Waals surface area contributed by atoms with Gasteiger partial charge in [-0.3, -0.25) is 4.79 Å². The molecule has 0 aromatic rings. The maximum atomic E-state index is 11.8. The molecule has 3 rings (SSSR count). The van der Waals surface area contributed by atoms with Crippen molar-refractivity contribution in [1.29, 1.82) is 0 Å². The average molecular weight is 191 g/mol. The number of hydrogen-bond donors (Lipinski definition) is 0. The molecule has 2 nitrogen and oxygen atoms in total. The number of nitrogens with zero attached hydrogens (tertiary/aromatic N) is 1. The fourth-order valence-corrected chi connectivity index (χ4v) is 3.48. The van der Waals surface area contributed by atoms with E-state index in [1.165, 1.54) is 31.4 Å². The van der Waals surface area contributed by atoms with Gasteiger partial charge in [0, 0.05) is 24.1 Å². The summed E-state index contributed by atoms with van der Waals surface area (Å²) in [6.45, 7) is 3.33. The lowest BCUT2D eigenvalue weighted by Gasteiger charge is -2.42. The summed E-state index contributed by atoms with van der Waals surface area (Å²) in [4.78, 5) is 13.9. The van der Waals surface area contributed by atoms with Gasteiger partial charge in [0.05, 0.1) is 0 Å². The smallest absolute Gasteiger partial charge is 0.227 e. The Morgan fingerprint density at radius 1 is 1.21 bits per heavy atom. The number of allylic oxidation sites excluding steroid dienone is 2. The minimum absolute atomic E-state index is 0.351. The Morgan fingerprint density at radius 2 is 2.07 bits per heavy atom. The molecular weight excluding hydrogens is 174 g/mol. The molecule has 3 aliphatic rings. The highest BCUT2D eigenvalue weighted by atomic mass is 16.2. The van der Waals surface area contributed by atoms with Crippen LogP contribution in [0.2, 0.25) is 0 Å². The van der Waals surface area contributed by atoms with Gasteiger partial charge in [-0.25, -0.2) is 0 Å². The third kappa shape index (κ3) is 0.943. The molecule has 1 unspecified atom stereocenters. The third-order valence-electron chi connectivity index (χ3n) is 4.21. The second-order valence-electron chi connectivity index (χ2n) is 5.16. The fourth-order valence-electron chi connectivity index (χ4n) is 3.48. The van der Waals surface area contributed by atoms with Gasteiger partial charge in [-0.05, 0) is 37.7 Å². The molecule has 0 spiro atoms. The van der Waals surface area contributed by atoms with Gasteiger partial charge in [-0.15, -0.1) is 0 Å². The van der Waals surface area contributed by atoms with E-state index in [4.69, 9.17) is 0 Å². The highest BCUT2D eigenvalue weighted by Gasteiger charge is 2.45. The van der Waals surface area contributed by atoms with Crippen LogP contribution in [-0.4, -0.2) is 17.4 Å². The van der Waals surface area contributed by atoms with Crippen LogP contribution < -0.4 is 0 Å². The van der Waals surface area contributed by atoms with E-state index in [1.54, 1.807) is 5.57 Å². The van der Waals surface area contributed by atoms with Crippen molar-refractivity contribution in [2.24, 2.45) is 5.41 Å². The quantitative estimate of drug-likeness (QED) is 0.576. The predicted octanol–water partition coefficient (Wildman–Crippen LogP) is 2.46.